The van der Waals surface area contributed by atoms with Gasteiger partial charge in [0.15, 0.2) is 0 Å². The molecule has 86 valence electrons. The first-order valence-corrected chi connectivity index (χ1v) is 6.52. The maximum Gasteiger partial charge on any atom is 0.244 e. The van der Waals surface area contributed by atoms with Crippen molar-refractivity contribution < 1.29 is 4.79 Å². The Balaban J connectivity index is 2.12. The highest BCUT2D eigenvalue weighted by Gasteiger charge is 2.40. The van der Waals surface area contributed by atoms with Crippen molar-refractivity contribution in [3.63, 3.8) is 0 Å². The van der Waals surface area contributed by atoms with E-state index in [1.807, 2.05) is 12.1 Å². The Labute approximate surface area is 113 Å². The number of carbonyl (C=O) groups excluding carboxylic acids is 1. The van der Waals surface area contributed by atoms with E-state index in [2.05, 4.69) is 27.9 Å². The van der Waals surface area contributed by atoms with Gasteiger partial charge in [-0.05, 0) is 60.1 Å². The van der Waals surface area contributed by atoms with E-state index >= 15 is 0 Å². The van der Waals surface area contributed by atoms with Gasteiger partial charge in [0.1, 0.15) is 0 Å². The summed E-state index contributed by atoms with van der Waals surface area (Å²) in [7, 11) is 0. The van der Waals surface area contributed by atoms with Crippen molar-refractivity contribution in [2.45, 2.75) is 24.8 Å². The SMILES string of the molecule is NC1(C(=O)Nc2ccc(I)cc2Cl)CCC1. The van der Waals surface area contributed by atoms with Gasteiger partial charge in [-0.2, -0.15) is 0 Å². The molecule has 16 heavy (non-hydrogen) atoms. The van der Waals surface area contributed by atoms with Gasteiger partial charge in [-0.1, -0.05) is 11.6 Å². The molecule has 1 aliphatic carbocycles. The molecule has 0 bridgehead atoms. The molecule has 1 aromatic rings. The van der Waals surface area contributed by atoms with Crippen LogP contribution in [-0.4, -0.2) is 11.4 Å². The minimum absolute atomic E-state index is 0.137. The third-order valence-electron chi connectivity index (χ3n) is 2.88. The number of rotatable bonds is 2. The Morgan fingerprint density at radius 3 is 2.69 bits per heavy atom. The van der Waals surface area contributed by atoms with Crippen LogP contribution in [0, 0.1) is 3.57 Å². The smallest absolute Gasteiger partial charge is 0.244 e. The zero-order valence-corrected chi connectivity index (χ0v) is 11.5. The minimum Gasteiger partial charge on any atom is -0.323 e. The van der Waals surface area contributed by atoms with Gasteiger partial charge >= 0.3 is 0 Å². The summed E-state index contributed by atoms with van der Waals surface area (Å²) in [6, 6.07) is 5.50. The van der Waals surface area contributed by atoms with Crippen molar-refractivity contribution in [1.29, 1.82) is 0 Å². The average molecular weight is 351 g/mol. The highest BCUT2D eigenvalue weighted by atomic mass is 127. The Morgan fingerprint density at radius 1 is 1.50 bits per heavy atom. The summed E-state index contributed by atoms with van der Waals surface area (Å²) in [4.78, 5) is 11.9. The number of anilines is 1. The summed E-state index contributed by atoms with van der Waals surface area (Å²) < 4.78 is 1.03. The standard InChI is InChI=1S/C11H12ClIN2O/c12-8-6-7(13)2-3-9(8)15-10(16)11(14)4-1-5-11/h2-3,6H,1,4-5,14H2,(H,15,16). The van der Waals surface area contributed by atoms with Gasteiger partial charge in [0.25, 0.3) is 0 Å². The Hall–Kier alpha value is -0.330. The van der Waals surface area contributed by atoms with E-state index in [1.165, 1.54) is 0 Å². The molecular weight excluding hydrogens is 338 g/mol. The van der Waals surface area contributed by atoms with Crippen LogP contribution in [0.4, 0.5) is 5.69 Å². The summed E-state index contributed by atoms with van der Waals surface area (Å²) in [5.41, 5.74) is 5.86. The van der Waals surface area contributed by atoms with E-state index in [0.29, 0.717) is 10.7 Å². The maximum absolute atomic E-state index is 11.9. The number of hydrogen-bond acceptors (Lipinski definition) is 2. The molecular formula is C11H12ClIN2O. The first-order chi connectivity index (χ1) is 7.51. The van der Waals surface area contributed by atoms with Crippen molar-refractivity contribution in [2.75, 3.05) is 5.32 Å². The van der Waals surface area contributed by atoms with Crippen LogP contribution in [0.3, 0.4) is 0 Å². The first-order valence-electron chi connectivity index (χ1n) is 5.07. The predicted molar refractivity (Wildman–Crippen MR) is 73.6 cm³/mol. The third-order valence-corrected chi connectivity index (χ3v) is 3.86. The molecule has 0 aromatic heterocycles. The zero-order valence-electron chi connectivity index (χ0n) is 8.59. The fraction of sp³-hybridized carbons (Fsp3) is 0.364. The molecule has 0 radical (unpaired) electrons. The Bertz CT molecular complexity index is 432. The van der Waals surface area contributed by atoms with E-state index < -0.39 is 5.54 Å². The second kappa shape index (κ2) is 4.50. The predicted octanol–water partition coefficient (Wildman–Crippen LogP) is 2.76. The quantitative estimate of drug-likeness (QED) is 0.806. The second-order valence-electron chi connectivity index (χ2n) is 4.09. The van der Waals surface area contributed by atoms with Crippen LogP contribution in [0.2, 0.25) is 5.02 Å². The monoisotopic (exact) mass is 350 g/mol. The van der Waals surface area contributed by atoms with Crippen LogP contribution >= 0.6 is 34.2 Å². The molecule has 0 aliphatic heterocycles. The molecule has 1 aromatic carbocycles. The number of nitrogens with one attached hydrogen (secondary N) is 1. The molecule has 0 unspecified atom stereocenters. The van der Waals surface area contributed by atoms with Crippen LogP contribution in [0.25, 0.3) is 0 Å². The number of amides is 1. The first kappa shape index (κ1) is 12.1. The molecule has 0 heterocycles. The zero-order chi connectivity index (χ0) is 11.8. The van der Waals surface area contributed by atoms with Crippen molar-refractivity contribution in [2.24, 2.45) is 5.73 Å². The molecule has 1 saturated carbocycles. The molecule has 0 spiro atoms. The summed E-state index contributed by atoms with van der Waals surface area (Å²) in [6.07, 6.45) is 2.52. The molecule has 0 atom stereocenters. The van der Waals surface area contributed by atoms with Gasteiger partial charge in [0, 0.05) is 3.57 Å². The van der Waals surface area contributed by atoms with Crippen molar-refractivity contribution in [1.82, 2.24) is 0 Å². The third kappa shape index (κ3) is 2.33. The normalized spacial score (nSPS) is 17.7. The lowest BCUT2D eigenvalue weighted by molar-refractivity contribution is -0.123. The second-order valence-corrected chi connectivity index (χ2v) is 5.74. The van der Waals surface area contributed by atoms with E-state index in [0.717, 1.165) is 22.8 Å². The molecule has 0 saturated heterocycles. The van der Waals surface area contributed by atoms with E-state index in [1.54, 1.807) is 6.07 Å². The highest BCUT2D eigenvalue weighted by Crippen LogP contribution is 2.31. The van der Waals surface area contributed by atoms with Gasteiger partial charge in [0.2, 0.25) is 5.91 Å². The molecule has 3 N–H and O–H groups in total. The van der Waals surface area contributed by atoms with Crippen LogP contribution < -0.4 is 11.1 Å². The molecule has 1 fully saturated rings. The average Bonchev–Trinajstić information content (AvgIpc) is 2.18. The largest absolute Gasteiger partial charge is 0.323 e. The number of benzene rings is 1. The summed E-state index contributed by atoms with van der Waals surface area (Å²) in [5.74, 6) is -0.137. The number of carbonyl (C=O) groups is 1. The van der Waals surface area contributed by atoms with E-state index in [-0.39, 0.29) is 5.91 Å². The van der Waals surface area contributed by atoms with Crippen LogP contribution in [-0.2, 0) is 4.79 Å². The lowest BCUT2D eigenvalue weighted by Gasteiger charge is -2.36. The lowest BCUT2D eigenvalue weighted by atomic mass is 9.77. The summed E-state index contributed by atoms with van der Waals surface area (Å²) >= 11 is 8.19. The molecule has 1 aliphatic rings. The summed E-state index contributed by atoms with van der Waals surface area (Å²) in [5, 5.41) is 3.33. The number of nitrogens with two attached hydrogens (primary N) is 1. The number of halogens is 2. The van der Waals surface area contributed by atoms with E-state index in [4.69, 9.17) is 17.3 Å². The Kier molecular flexibility index (Phi) is 3.42. The maximum atomic E-state index is 11.9. The van der Waals surface area contributed by atoms with Gasteiger partial charge < -0.3 is 11.1 Å². The topological polar surface area (TPSA) is 55.1 Å². The molecule has 2 rings (SSSR count). The Morgan fingerprint density at radius 2 is 2.19 bits per heavy atom. The van der Waals surface area contributed by atoms with Crippen molar-refractivity contribution >= 4 is 45.8 Å². The number of hydrogen-bond donors (Lipinski definition) is 2. The van der Waals surface area contributed by atoms with Gasteiger partial charge in [0.05, 0.1) is 16.2 Å². The van der Waals surface area contributed by atoms with Gasteiger partial charge in [-0.25, -0.2) is 0 Å². The van der Waals surface area contributed by atoms with Crippen molar-refractivity contribution in [3.05, 3.63) is 26.8 Å². The van der Waals surface area contributed by atoms with E-state index in [9.17, 15) is 4.79 Å². The fourth-order valence-corrected chi connectivity index (χ4v) is 2.53. The fourth-order valence-electron chi connectivity index (χ4n) is 1.62. The molecule has 5 heteroatoms. The van der Waals surface area contributed by atoms with Crippen LogP contribution in [0.5, 0.6) is 0 Å². The molecule has 3 nitrogen and oxygen atoms in total. The highest BCUT2D eigenvalue weighted by molar-refractivity contribution is 14.1. The van der Waals surface area contributed by atoms with Gasteiger partial charge in [-0.3, -0.25) is 4.79 Å². The minimum atomic E-state index is -0.688. The van der Waals surface area contributed by atoms with Crippen LogP contribution in [0.15, 0.2) is 18.2 Å². The van der Waals surface area contributed by atoms with Gasteiger partial charge in [-0.15, -0.1) is 0 Å². The van der Waals surface area contributed by atoms with Crippen LogP contribution in [0.1, 0.15) is 19.3 Å². The van der Waals surface area contributed by atoms with Crippen molar-refractivity contribution in [3.8, 4) is 0 Å². The summed E-state index contributed by atoms with van der Waals surface area (Å²) in [6.45, 7) is 0. The lowest BCUT2D eigenvalue weighted by Crippen LogP contribution is -2.56. The molecule has 1 amide bonds.